The van der Waals surface area contributed by atoms with Crippen molar-refractivity contribution >= 4 is 5.97 Å². The highest BCUT2D eigenvalue weighted by Crippen LogP contribution is 2.41. The minimum atomic E-state index is -0.348. The van der Waals surface area contributed by atoms with Crippen molar-refractivity contribution in [1.29, 1.82) is 0 Å². The summed E-state index contributed by atoms with van der Waals surface area (Å²) in [6.45, 7) is 17.3. The fourth-order valence-electron chi connectivity index (χ4n) is 5.13. The van der Waals surface area contributed by atoms with E-state index in [-0.39, 0.29) is 22.7 Å². The molecule has 3 heteroatoms. The Morgan fingerprint density at radius 3 is 1.37 bits per heavy atom. The van der Waals surface area contributed by atoms with Crippen LogP contribution in [0.2, 0.25) is 0 Å². The van der Waals surface area contributed by atoms with Crippen molar-refractivity contribution in [2.75, 3.05) is 6.61 Å². The summed E-state index contributed by atoms with van der Waals surface area (Å²) in [5.74, 6) is -0.169. The number of aromatic hydroxyl groups is 1. The lowest BCUT2D eigenvalue weighted by molar-refractivity contribution is -0.145. The van der Waals surface area contributed by atoms with Crippen molar-refractivity contribution in [3.63, 3.8) is 0 Å². The number of hydrogen-bond donors (Lipinski definition) is 1. The van der Waals surface area contributed by atoms with Crippen LogP contribution in [0, 0.1) is 0 Å². The highest BCUT2D eigenvalue weighted by molar-refractivity contribution is 5.78. The summed E-state index contributed by atoms with van der Waals surface area (Å²) in [5.41, 5.74) is 2.28. The van der Waals surface area contributed by atoms with Gasteiger partial charge in [0.25, 0.3) is 0 Å². The van der Waals surface area contributed by atoms with Gasteiger partial charge in [0.2, 0.25) is 0 Å². The van der Waals surface area contributed by atoms with Crippen molar-refractivity contribution in [2.24, 2.45) is 0 Å². The fourth-order valence-corrected chi connectivity index (χ4v) is 5.13. The molecule has 0 unspecified atom stereocenters. The quantitative estimate of drug-likeness (QED) is 0.143. The number of unbranched alkanes of at least 4 members (excludes halogenated alkanes) is 15. The van der Waals surface area contributed by atoms with Crippen molar-refractivity contribution in [3.05, 3.63) is 28.8 Å². The number of carbonyl (C=O) groups excluding carboxylic acids is 1. The van der Waals surface area contributed by atoms with Gasteiger partial charge < -0.3 is 9.84 Å². The molecule has 0 amide bonds. The zero-order valence-electron chi connectivity index (χ0n) is 26.5. The van der Waals surface area contributed by atoms with Crippen LogP contribution in [0.15, 0.2) is 12.1 Å². The molecule has 1 atom stereocenters. The fraction of sp³-hybridized carbons (Fsp3) is 0.800. The predicted octanol–water partition coefficient (Wildman–Crippen LogP) is 10.9. The van der Waals surface area contributed by atoms with E-state index in [1.165, 1.54) is 89.9 Å². The third kappa shape index (κ3) is 13.5. The van der Waals surface area contributed by atoms with Gasteiger partial charge in [-0.1, -0.05) is 157 Å². The molecule has 0 aromatic heterocycles. The monoisotopic (exact) mass is 530 g/mol. The number of phenolic OH excluding ortho intramolecular Hbond substituents is 1. The van der Waals surface area contributed by atoms with Crippen molar-refractivity contribution in [1.82, 2.24) is 0 Å². The molecule has 0 aliphatic rings. The summed E-state index contributed by atoms with van der Waals surface area (Å²) in [6.07, 6.45) is 21.4. The number of hydrogen-bond acceptors (Lipinski definition) is 3. The maximum atomic E-state index is 12.8. The van der Waals surface area contributed by atoms with E-state index < -0.39 is 0 Å². The Balaban J connectivity index is 2.25. The van der Waals surface area contributed by atoms with E-state index in [4.69, 9.17) is 4.74 Å². The zero-order chi connectivity index (χ0) is 28.6. The van der Waals surface area contributed by atoms with E-state index in [0.717, 1.165) is 29.5 Å². The summed E-state index contributed by atoms with van der Waals surface area (Å²) in [5, 5.41) is 11.0. The second-order valence-corrected chi connectivity index (χ2v) is 13.7. The van der Waals surface area contributed by atoms with Gasteiger partial charge in [0.1, 0.15) is 5.75 Å². The number of carbonyl (C=O) groups is 1. The van der Waals surface area contributed by atoms with Crippen LogP contribution in [0.25, 0.3) is 0 Å². The average molecular weight is 531 g/mol. The van der Waals surface area contributed by atoms with Crippen LogP contribution in [0.4, 0.5) is 0 Å². The standard InChI is InChI=1S/C35H62O3/c1-9-10-11-12-13-14-15-16-17-18-19-20-21-22-23-24-25-38-33(37)28(2)29-26-30(34(3,4)5)32(36)31(27-29)35(6,7)8/h26-28,36H,9-25H2,1-8H3/t28-/m1/s1. The van der Waals surface area contributed by atoms with Gasteiger partial charge in [0, 0.05) is 0 Å². The van der Waals surface area contributed by atoms with Gasteiger partial charge in [-0.25, -0.2) is 0 Å². The van der Waals surface area contributed by atoms with Crippen LogP contribution in [0.1, 0.15) is 181 Å². The van der Waals surface area contributed by atoms with Crippen LogP contribution < -0.4 is 0 Å². The molecular weight excluding hydrogens is 468 g/mol. The summed E-state index contributed by atoms with van der Waals surface area (Å²) in [7, 11) is 0. The first kappa shape index (κ1) is 34.5. The third-order valence-corrected chi connectivity index (χ3v) is 7.84. The van der Waals surface area contributed by atoms with Crippen LogP contribution in [0.5, 0.6) is 5.75 Å². The summed E-state index contributed by atoms with van der Waals surface area (Å²) < 4.78 is 5.66. The Morgan fingerprint density at radius 2 is 1.03 bits per heavy atom. The van der Waals surface area contributed by atoms with E-state index >= 15 is 0 Å². The smallest absolute Gasteiger partial charge is 0.313 e. The number of rotatable bonds is 19. The van der Waals surface area contributed by atoms with Gasteiger partial charge in [0.05, 0.1) is 12.5 Å². The molecule has 220 valence electrons. The molecule has 1 aromatic rings. The lowest BCUT2D eigenvalue weighted by Gasteiger charge is -2.29. The minimum absolute atomic E-state index is 0.170. The SMILES string of the molecule is CCCCCCCCCCCCCCCCCCOC(=O)[C@H](C)c1cc(C(C)(C)C)c(O)c(C(C)(C)C)c1. The number of esters is 1. The Bertz CT molecular complexity index is 746. The van der Waals surface area contributed by atoms with Gasteiger partial charge in [-0.15, -0.1) is 0 Å². The molecule has 38 heavy (non-hydrogen) atoms. The molecule has 3 nitrogen and oxygen atoms in total. The van der Waals surface area contributed by atoms with E-state index in [1.807, 2.05) is 19.1 Å². The molecule has 1 rings (SSSR count). The van der Waals surface area contributed by atoms with Crippen molar-refractivity contribution in [2.45, 2.75) is 175 Å². The van der Waals surface area contributed by atoms with E-state index in [1.54, 1.807) is 0 Å². The minimum Gasteiger partial charge on any atom is -0.507 e. The molecular formula is C35H62O3. The maximum Gasteiger partial charge on any atom is 0.313 e. The Kier molecular flexibility index (Phi) is 16.3. The molecule has 0 saturated carbocycles. The second-order valence-electron chi connectivity index (χ2n) is 13.7. The molecule has 0 aliphatic heterocycles. The molecule has 0 saturated heterocycles. The van der Waals surface area contributed by atoms with Crippen LogP contribution in [-0.4, -0.2) is 17.7 Å². The van der Waals surface area contributed by atoms with Crippen LogP contribution in [-0.2, 0) is 20.4 Å². The summed E-state index contributed by atoms with van der Waals surface area (Å²) in [4.78, 5) is 12.8. The number of benzene rings is 1. The van der Waals surface area contributed by atoms with Crippen molar-refractivity contribution in [3.8, 4) is 5.75 Å². The first-order valence-electron chi connectivity index (χ1n) is 15.9. The Labute approximate surface area is 236 Å². The largest absolute Gasteiger partial charge is 0.507 e. The molecule has 0 aliphatic carbocycles. The third-order valence-electron chi connectivity index (χ3n) is 7.84. The van der Waals surface area contributed by atoms with Gasteiger partial charge in [-0.3, -0.25) is 4.79 Å². The van der Waals surface area contributed by atoms with Crippen molar-refractivity contribution < 1.29 is 14.6 Å². The lowest BCUT2D eigenvalue weighted by Crippen LogP contribution is -2.20. The van der Waals surface area contributed by atoms with E-state index in [2.05, 4.69) is 48.5 Å². The van der Waals surface area contributed by atoms with Gasteiger partial charge in [-0.2, -0.15) is 0 Å². The number of ether oxygens (including phenoxy) is 1. The molecule has 0 bridgehead atoms. The summed E-state index contributed by atoms with van der Waals surface area (Å²) >= 11 is 0. The van der Waals surface area contributed by atoms with E-state index in [0.29, 0.717) is 12.4 Å². The Morgan fingerprint density at radius 1 is 0.684 bits per heavy atom. The first-order valence-corrected chi connectivity index (χ1v) is 15.9. The molecule has 0 spiro atoms. The van der Waals surface area contributed by atoms with Gasteiger partial charge in [-0.05, 0) is 40.9 Å². The molecule has 0 fully saturated rings. The molecule has 1 aromatic carbocycles. The zero-order valence-corrected chi connectivity index (χ0v) is 26.5. The molecule has 0 heterocycles. The normalized spacial score (nSPS) is 13.1. The lowest BCUT2D eigenvalue weighted by atomic mass is 9.77. The topological polar surface area (TPSA) is 46.5 Å². The highest BCUT2D eigenvalue weighted by atomic mass is 16.5. The predicted molar refractivity (Wildman–Crippen MR) is 164 cm³/mol. The first-order chi connectivity index (χ1) is 17.9. The number of phenols is 1. The Hall–Kier alpha value is -1.51. The van der Waals surface area contributed by atoms with Crippen LogP contribution >= 0.6 is 0 Å². The second kappa shape index (κ2) is 18.0. The van der Waals surface area contributed by atoms with Crippen LogP contribution in [0.3, 0.4) is 0 Å². The highest BCUT2D eigenvalue weighted by Gasteiger charge is 2.29. The maximum absolute atomic E-state index is 12.8. The summed E-state index contributed by atoms with van der Waals surface area (Å²) in [6, 6.07) is 3.98. The molecule has 0 radical (unpaired) electrons. The van der Waals surface area contributed by atoms with E-state index in [9.17, 15) is 9.90 Å². The van der Waals surface area contributed by atoms with Gasteiger partial charge >= 0.3 is 5.97 Å². The van der Waals surface area contributed by atoms with Gasteiger partial charge in [0.15, 0.2) is 0 Å². The molecule has 1 N–H and O–H groups in total. The average Bonchev–Trinajstić information content (AvgIpc) is 2.84.